The first kappa shape index (κ1) is 10.9. The van der Waals surface area contributed by atoms with Gasteiger partial charge in [0.1, 0.15) is 5.58 Å². The molecule has 4 nitrogen and oxygen atoms in total. The van der Waals surface area contributed by atoms with Crippen LogP contribution in [0.1, 0.15) is 10.4 Å². The molecule has 0 aliphatic rings. The lowest BCUT2D eigenvalue weighted by Crippen LogP contribution is -2.02. The van der Waals surface area contributed by atoms with Crippen LogP contribution in [0.25, 0.3) is 11.0 Å². The number of esters is 1. The van der Waals surface area contributed by atoms with Crippen molar-refractivity contribution in [2.45, 2.75) is 0 Å². The Balaban J connectivity index is 2.71. The Morgan fingerprint density at radius 1 is 1.38 bits per heavy atom. The molecule has 0 unspecified atom stereocenters. The molecular formula is C11H7BrO4. The fraction of sp³-hybridized carbons (Fsp3) is 0.0909. The molecule has 2 rings (SSSR count). The van der Waals surface area contributed by atoms with Crippen LogP contribution in [0, 0.1) is 0 Å². The van der Waals surface area contributed by atoms with Gasteiger partial charge in [0.15, 0.2) is 0 Å². The van der Waals surface area contributed by atoms with Gasteiger partial charge in [-0.3, -0.25) is 0 Å². The fourth-order valence-corrected chi connectivity index (χ4v) is 1.88. The summed E-state index contributed by atoms with van der Waals surface area (Å²) < 4.78 is 10.2. The summed E-state index contributed by atoms with van der Waals surface area (Å²) in [6, 6.07) is 6.11. The van der Waals surface area contributed by atoms with E-state index in [0.29, 0.717) is 15.6 Å². The maximum Gasteiger partial charge on any atom is 0.337 e. The number of halogens is 1. The van der Waals surface area contributed by atoms with Crippen molar-refractivity contribution in [3.8, 4) is 0 Å². The standard InChI is InChI=1S/C11H7BrO4/c1-15-11(14)6-2-3-7-8(12)5-10(13)16-9(7)4-6/h2-5H,1H3. The maximum atomic E-state index is 11.3. The van der Waals surface area contributed by atoms with Crippen molar-refractivity contribution in [1.29, 1.82) is 0 Å². The molecular weight excluding hydrogens is 276 g/mol. The molecule has 0 N–H and O–H groups in total. The van der Waals surface area contributed by atoms with E-state index in [2.05, 4.69) is 20.7 Å². The van der Waals surface area contributed by atoms with E-state index in [1.54, 1.807) is 12.1 Å². The van der Waals surface area contributed by atoms with Crippen molar-refractivity contribution in [1.82, 2.24) is 0 Å². The third kappa shape index (κ3) is 1.86. The van der Waals surface area contributed by atoms with E-state index in [1.165, 1.54) is 19.2 Å². The van der Waals surface area contributed by atoms with Crippen LogP contribution in [0.3, 0.4) is 0 Å². The molecule has 0 bridgehead atoms. The van der Waals surface area contributed by atoms with E-state index < -0.39 is 11.6 Å². The Labute approximate surface area is 99.0 Å². The van der Waals surface area contributed by atoms with Gasteiger partial charge in [-0.15, -0.1) is 0 Å². The van der Waals surface area contributed by atoms with Gasteiger partial charge in [0, 0.05) is 15.9 Å². The Bertz CT molecular complexity index is 615. The number of ether oxygens (including phenoxy) is 1. The maximum absolute atomic E-state index is 11.3. The minimum absolute atomic E-state index is 0.344. The summed E-state index contributed by atoms with van der Waals surface area (Å²) >= 11 is 3.25. The Morgan fingerprint density at radius 3 is 2.81 bits per heavy atom. The molecule has 0 saturated heterocycles. The molecule has 1 aromatic carbocycles. The Kier molecular flexibility index (Phi) is 2.78. The molecule has 0 atom stereocenters. The number of fused-ring (bicyclic) bond motifs is 1. The minimum atomic E-state index is -0.471. The quantitative estimate of drug-likeness (QED) is 0.595. The van der Waals surface area contributed by atoms with Crippen molar-refractivity contribution in [3.05, 3.63) is 44.7 Å². The summed E-state index contributed by atoms with van der Waals surface area (Å²) in [6.07, 6.45) is 0. The zero-order chi connectivity index (χ0) is 11.7. The van der Waals surface area contributed by atoms with Crippen molar-refractivity contribution in [2.75, 3.05) is 7.11 Å². The summed E-state index contributed by atoms with van der Waals surface area (Å²) in [5.41, 5.74) is 0.222. The second kappa shape index (κ2) is 4.09. The van der Waals surface area contributed by atoms with Crippen LogP contribution in [0.4, 0.5) is 0 Å². The van der Waals surface area contributed by atoms with Crippen LogP contribution in [0.5, 0.6) is 0 Å². The topological polar surface area (TPSA) is 56.5 Å². The highest BCUT2D eigenvalue weighted by atomic mass is 79.9. The first-order valence-electron chi connectivity index (χ1n) is 4.43. The number of carbonyl (C=O) groups excluding carboxylic acids is 1. The van der Waals surface area contributed by atoms with Gasteiger partial charge in [-0.2, -0.15) is 0 Å². The van der Waals surface area contributed by atoms with Crippen LogP contribution in [0.15, 0.2) is 37.9 Å². The minimum Gasteiger partial charge on any atom is -0.465 e. The summed E-state index contributed by atoms with van der Waals surface area (Å²) in [4.78, 5) is 22.4. The van der Waals surface area contributed by atoms with Gasteiger partial charge in [-0.25, -0.2) is 9.59 Å². The molecule has 0 saturated carbocycles. The molecule has 0 aliphatic heterocycles. The molecule has 16 heavy (non-hydrogen) atoms. The highest BCUT2D eigenvalue weighted by Crippen LogP contribution is 2.23. The van der Waals surface area contributed by atoms with E-state index in [1.807, 2.05) is 0 Å². The third-order valence-electron chi connectivity index (χ3n) is 2.12. The second-order valence-electron chi connectivity index (χ2n) is 3.12. The van der Waals surface area contributed by atoms with Gasteiger partial charge < -0.3 is 9.15 Å². The molecule has 5 heteroatoms. The number of methoxy groups -OCH3 is 1. The zero-order valence-corrected chi connectivity index (χ0v) is 9.91. The largest absolute Gasteiger partial charge is 0.465 e. The highest BCUT2D eigenvalue weighted by Gasteiger charge is 2.09. The van der Waals surface area contributed by atoms with Gasteiger partial charge in [-0.05, 0) is 34.1 Å². The predicted octanol–water partition coefficient (Wildman–Crippen LogP) is 2.34. The van der Waals surface area contributed by atoms with Gasteiger partial charge in [0.05, 0.1) is 12.7 Å². The van der Waals surface area contributed by atoms with Crippen molar-refractivity contribution < 1.29 is 13.9 Å². The lowest BCUT2D eigenvalue weighted by molar-refractivity contribution is 0.0601. The van der Waals surface area contributed by atoms with Crippen LogP contribution in [-0.2, 0) is 4.74 Å². The van der Waals surface area contributed by atoms with E-state index >= 15 is 0 Å². The van der Waals surface area contributed by atoms with E-state index in [4.69, 9.17) is 4.42 Å². The summed E-state index contributed by atoms with van der Waals surface area (Å²) in [6.45, 7) is 0. The third-order valence-corrected chi connectivity index (χ3v) is 2.77. The number of hydrogen-bond donors (Lipinski definition) is 0. The molecule has 2 aromatic rings. The molecule has 1 heterocycles. The monoisotopic (exact) mass is 282 g/mol. The van der Waals surface area contributed by atoms with Crippen molar-refractivity contribution >= 4 is 32.9 Å². The van der Waals surface area contributed by atoms with Crippen molar-refractivity contribution in [3.63, 3.8) is 0 Å². The summed E-state index contributed by atoms with van der Waals surface area (Å²) in [7, 11) is 1.30. The van der Waals surface area contributed by atoms with E-state index in [9.17, 15) is 9.59 Å². The molecule has 0 amide bonds. The molecule has 0 spiro atoms. The van der Waals surface area contributed by atoms with E-state index in [0.717, 1.165) is 5.39 Å². The van der Waals surface area contributed by atoms with Gasteiger partial charge in [0.2, 0.25) is 0 Å². The second-order valence-corrected chi connectivity index (χ2v) is 3.97. The lowest BCUT2D eigenvalue weighted by Gasteiger charge is -2.02. The van der Waals surface area contributed by atoms with Crippen LogP contribution < -0.4 is 5.63 Å². The van der Waals surface area contributed by atoms with Crippen molar-refractivity contribution in [2.24, 2.45) is 0 Å². The van der Waals surface area contributed by atoms with Crippen LogP contribution in [-0.4, -0.2) is 13.1 Å². The number of hydrogen-bond acceptors (Lipinski definition) is 4. The first-order valence-corrected chi connectivity index (χ1v) is 5.23. The normalized spacial score (nSPS) is 10.4. The Morgan fingerprint density at radius 2 is 2.12 bits per heavy atom. The molecule has 0 fully saturated rings. The number of benzene rings is 1. The lowest BCUT2D eigenvalue weighted by atomic mass is 10.1. The highest BCUT2D eigenvalue weighted by molar-refractivity contribution is 9.10. The van der Waals surface area contributed by atoms with Gasteiger partial charge in [-0.1, -0.05) is 0 Å². The SMILES string of the molecule is COC(=O)c1ccc2c(Br)cc(=O)oc2c1. The average Bonchev–Trinajstić information content (AvgIpc) is 2.27. The fourth-order valence-electron chi connectivity index (χ4n) is 1.37. The van der Waals surface area contributed by atoms with Gasteiger partial charge >= 0.3 is 11.6 Å². The zero-order valence-electron chi connectivity index (χ0n) is 8.32. The summed E-state index contributed by atoms with van der Waals surface area (Å²) in [5.74, 6) is -0.468. The average molecular weight is 283 g/mol. The molecule has 0 radical (unpaired) electrons. The predicted molar refractivity (Wildman–Crippen MR) is 61.5 cm³/mol. The van der Waals surface area contributed by atoms with Crippen LogP contribution in [0.2, 0.25) is 0 Å². The van der Waals surface area contributed by atoms with E-state index in [-0.39, 0.29) is 0 Å². The Hall–Kier alpha value is -1.62. The van der Waals surface area contributed by atoms with Crippen LogP contribution >= 0.6 is 15.9 Å². The first-order chi connectivity index (χ1) is 7.61. The molecule has 1 aromatic heterocycles. The summed E-state index contributed by atoms with van der Waals surface area (Å²) in [5, 5.41) is 0.729. The number of rotatable bonds is 1. The molecule has 0 aliphatic carbocycles. The van der Waals surface area contributed by atoms with Gasteiger partial charge in [0.25, 0.3) is 0 Å². The smallest absolute Gasteiger partial charge is 0.337 e. The molecule has 82 valence electrons. The number of carbonyl (C=O) groups is 1.